The lowest BCUT2D eigenvalue weighted by atomic mass is 10.0. The highest BCUT2D eigenvalue weighted by Gasteiger charge is 2.38. The third-order valence-corrected chi connectivity index (χ3v) is 4.87. The van der Waals surface area contributed by atoms with E-state index in [1.165, 1.54) is 32.0 Å². The van der Waals surface area contributed by atoms with E-state index < -0.39 is 52.0 Å². The number of benzene rings is 2. The Hall–Kier alpha value is -3.70. The first-order chi connectivity index (χ1) is 15.6. The molecule has 5 nitrogen and oxygen atoms in total. The Balaban J connectivity index is 2.00. The first kappa shape index (κ1) is 24.9. The molecule has 0 aliphatic carbocycles. The van der Waals surface area contributed by atoms with E-state index in [1.807, 2.05) is 5.32 Å². The molecule has 0 fully saturated rings. The zero-order chi connectivity index (χ0) is 25.5. The van der Waals surface area contributed by atoms with Gasteiger partial charge in [-0.05, 0) is 62.4 Å². The second-order valence-corrected chi connectivity index (χ2v) is 7.78. The van der Waals surface area contributed by atoms with Crippen molar-refractivity contribution in [3.05, 3.63) is 81.9 Å². The van der Waals surface area contributed by atoms with Gasteiger partial charge in [0.1, 0.15) is 11.4 Å². The van der Waals surface area contributed by atoms with Crippen molar-refractivity contribution in [2.75, 3.05) is 5.32 Å². The number of carbonyl (C=O) groups is 1. The molecule has 0 aliphatic heterocycles. The number of halogens is 7. The largest absolute Gasteiger partial charge is 0.416 e. The lowest BCUT2D eigenvalue weighted by Gasteiger charge is -2.26. The van der Waals surface area contributed by atoms with Gasteiger partial charge < -0.3 is 5.32 Å². The van der Waals surface area contributed by atoms with Gasteiger partial charge in [0.15, 0.2) is 0 Å². The highest BCUT2D eigenvalue weighted by molar-refractivity contribution is 5.96. The summed E-state index contributed by atoms with van der Waals surface area (Å²) in [5, 5.41) is 6.09. The van der Waals surface area contributed by atoms with E-state index in [1.54, 1.807) is 0 Å². The van der Waals surface area contributed by atoms with Crippen LogP contribution in [0.4, 0.5) is 36.4 Å². The van der Waals surface area contributed by atoms with Crippen LogP contribution in [0.5, 0.6) is 0 Å². The Morgan fingerprint density at radius 1 is 0.853 bits per heavy atom. The molecule has 0 saturated heterocycles. The van der Waals surface area contributed by atoms with Crippen molar-refractivity contribution in [2.24, 2.45) is 0 Å². The summed E-state index contributed by atoms with van der Waals surface area (Å²) in [6, 6.07) is 8.09. The minimum atomic E-state index is -5.10. The molecule has 0 radical (unpaired) electrons. The SMILES string of the molecule is CC(C)(C(=O)Nc1cc(C(F)(F)F)cc(C(F)(F)F)c1)n1nc(-c2ccc(F)cc2)ccc1=O. The van der Waals surface area contributed by atoms with Gasteiger partial charge in [0.25, 0.3) is 11.5 Å². The third-order valence-electron chi connectivity index (χ3n) is 4.87. The fraction of sp³-hybridized carbons (Fsp3) is 0.227. The Morgan fingerprint density at radius 2 is 1.38 bits per heavy atom. The number of amides is 1. The van der Waals surface area contributed by atoms with Gasteiger partial charge in [-0.3, -0.25) is 9.59 Å². The van der Waals surface area contributed by atoms with Gasteiger partial charge in [-0.25, -0.2) is 9.07 Å². The molecule has 0 unspecified atom stereocenters. The number of nitrogens with zero attached hydrogens (tertiary/aromatic N) is 2. The molecule has 180 valence electrons. The third kappa shape index (κ3) is 5.26. The topological polar surface area (TPSA) is 64.0 Å². The number of hydrogen-bond donors (Lipinski definition) is 1. The predicted molar refractivity (Wildman–Crippen MR) is 108 cm³/mol. The van der Waals surface area contributed by atoms with Crippen LogP contribution < -0.4 is 10.9 Å². The van der Waals surface area contributed by atoms with Crippen molar-refractivity contribution in [3.8, 4) is 11.3 Å². The van der Waals surface area contributed by atoms with Crippen molar-refractivity contribution < 1.29 is 35.5 Å². The molecule has 34 heavy (non-hydrogen) atoms. The predicted octanol–water partition coefficient (Wildman–Crippen LogP) is 5.46. The summed E-state index contributed by atoms with van der Waals surface area (Å²) < 4.78 is 92.5. The summed E-state index contributed by atoms with van der Waals surface area (Å²) in [6.07, 6.45) is -10.2. The summed E-state index contributed by atoms with van der Waals surface area (Å²) in [7, 11) is 0. The number of anilines is 1. The number of carbonyl (C=O) groups excluding carboxylic acids is 1. The molecule has 1 aromatic heterocycles. The maximum Gasteiger partial charge on any atom is 0.416 e. The maximum absolute atomic E-state index is 13.2. The molecule has 2 aromatic carbocycles. The van der Waals surface area contributed by atoms with E-state index >= 15 is 0 Å². The fourth-order valence-electron chi connectivity index (χ4n) is 2.99. The van der Waals surface area contributed by atoms with Gasteiger partial charge in [0, 0.05) is 17.3 Å². The zero-order valence-corrected chi connectivity index (χ0v) is 17.6. The second-order valence-electron chi connectivity index (χ2n) is 7.78. The molecule has 0 saturated carbocycles. The lowest BCUT2D eigenvalue weighted by molar-refractivity contribution is -0.143. The molecule has 3 aromatic rings. The van der Waals surface area contributed by atoms with E-state index in [-0.39, 0.29) is 11.8 Å². The van der Waals surface area contributed by atoms with Gasteiger partial charge >= 0.3 is 12.4 Å². The van der Waals surface area contributed by atoms with Gasteiger partial charge in [-0.15, -0.1) is 0 Å². The first-order valence-electron chi connectivity index (χ1n) is 9.57. The smallest absolute Gasteiger partial charge is 0.324 e. The van der Waals surface area contributed by atoms with Gasteiger partial charge in [0.05, 0.1) is 16.8 Å². The van der Waals surface area contributed by atoms with Crippen molar-refractivity contribution in [1.29, 1.82) is 0 Å². The first-order valence-corrected chi connectivity index (χ1v) is 9.57. The number of rotatable bonds is 4. The van der Waals surface area contributed by atoms with Crippen LogP contribution >= 0.6 is 0 Å². The van der Waals surface area contributed by atoms with Crippen molar-refractivity contribution >= 4 is 11.6 Å². The normalized spacial score (nSPS) is 12.5. The van der Waals surface area contributed by atoms with Crippen molar-refractivity contribution in [1.82, 2.24) is 9.78 Å². The monoisotopic (exact) mass is 487 g/mol. The molecular formula is C22H16F7N3O2. The van der Waals surface area contributed by atoms with E-state index in [0.29, 0.717) is 17.7 Å². The van der Waals surface area contributed by atoms with Crippen LogP contribution in [0.1, 0.15) is 25.0 Å². The molecule has 0 bridgehead atoms. The van der Waals surface area contributed by atoms with Gasteiger partial charge in [0.2, 0.25) is 0 Å². The maximum atomic E-state index is 13.2. The Bertz CT molecular complexity index is 1250. The Morgan fingerprint density at radius 3 is 1.88 bits per heavy atom. The van der Waals surface area contributed by atoms with E-state index in [4.69, 9.17) is 0 Å². The minimum absolute atomic E-state index is 0.0704. The summed E-state index contributed by atoms with van der Waals surface area (Å²) >= 11 is 0. The average molecular weight is 487 g/mol. The average Bonchev–Trinajstić information content (AvgIpc) is 2.73. The number of aromatic nitrogens is 2. The van der Waals surface area contributed by atoms with Crippen LogP contribution in [0.3, 0.4) is 0 Å². The van der Waals surface area contributed by atoms with Gasteiger partial charge in [-0.2, -0.15) is 31.4 Å². The molecule has 0 aliphatic rings. The molecule has 0 spiro atoms. The lowest BCUT2D eigenvalue weighted by Crippen LogP contribution is -2.47. The van der Waals surface area contributed by atoms with Gasteiger partial charge in [-0.1, -0.05) is 0 Å². The van der Waals surface area contributed by atoms with Crippen LogP contribution in [0.2, 0.25) is 0 Å². The fourth-order valence-corrected chi connectivity index (χ4v) is 2.99. The molecule has 3 rings (SSSR count). The molecule has 1 heterocycles. The molecular weight excluding hydrogens is 471 g/mol. The van der Waals surface area contributed by atoms with Crippen LogP contribution in [0.25, 0.3) is 11.3 Å². The van der Waals surface area contributed by atoms with Crippen LogP contribution in [-0.2, 0) is 22.7 Å². The highest BCUT2D eigenvalue weighted by Crippen LogP contribution is 2.37. The quantitative estimate of drug-likeness (QED) is 0.497. The minimum Gasteiger partial charge on any atom is -0.324 e. The van der Waals surface area contributed by atoms with Crippen LogP contribution in [0.15, 0.2) is 59.4 Å². The van der Waals surface area contributed by atoms with E-state index in [0.717, 1.165) is 22.9 Å². The molecule has 1 amide bonds. The van der Waals surface area contributed by atoms with Crippen LogP contribution in [-0.4, -0.2) is 15.7 Å². The van der Waals surface area contributed by atoms with Crippen LogP contribution in [0, 0.1) is 5.82 Å². The van der Waals surface area contributed by atoms with E-state index in [9.17, 15) is 40.3 Å². The van der Waals surface area contributed by atoms with Crippen molar-refractivity contribution in [3.63, 3.8) is 0 Å². The Labute approximate surface area is 187 Å². The summed E-state index contributed by atoms with van der Waals surface area (Å²) in [5.41, 5.74) is -5.99. The standard InChI is InChI=1S/C22H16F7N3O2/c1-20(2,32-18(33)8-7-17(31-32)12-3-5-15(23)6-4-12)19(34)30-16-10-13(21(24,25)26)9-14(11-16)22(27,28)29/h3-11H,1-2H3,(H,30,34). The summed E-state index contributed by atoms with van der Waals surface area (Å²) in [5.74, 6) is -1.61. The summed E-state index contributed by atoms with van der Waals surface area (Å²) in [6.45, 7) is 2.42. The van der Waals surface area contributed by atoms with E-state index in [2.05, 4.69) is 5.10 Å². The number of hydrogen-bond acceptors (Lipinski definition) is 3. The molecule has 12 heteroatoms. The Kier molecular flexibility index (Phi) is 6.29. The summed E-state index contributed by atoms with van der Waals surface area (Å²) in [4.78, 5) is 25.3. The number of alkyl halides is 6. The zero-order valence-electron chi connectivity index (χ0n) is 17.6. The molecule has 0 atom stereocenters. The highest BCUT2D eigenvalue weighted by atomic mass is 19.4. The second kappa shape index (κ2) is 8.58. The molecule has 1 N–H and O–H groups in total. The number of nitrogens with one attached hydrogen (secondary N) is 1. The van der Waals surface area contributed by atoms with Crippen molar-refractivity contribution in [2.45, 2.75) is 31.7 Å².